The zero-order chi connectivity index (χ0) is 12.1. The Morgan fingerprint density at radius 1 is 1.44 bits per heavy atom. The topological polar surface area (TPSA) is 21.3 Å². The highest BCUT2D eigenvalue weighted by molar-refractivity contribution is 9.10. The number of nitrogens with one attached hydrogen (secondary N) is 1. The summed E-state index contributed by atoms with van der Waals surface area (Å²) in [6.07, 6.45) is 0.139. The molecule has 0 amide bonds. The van der Waals surface area contributed by atoms with Gasteiger partial charge in [0.1, 0.15) is 5.82 Å². The standard InChI is InChI=1S/C12H17BrFNO/c1-8(9(2)16-3)15-7-10-4-5-11(13)12(14)6-10/h4-6,8-9,15H,7H2,1-3H3. The molecular formula is C12H17BrFNO. The van der Waals surface area contributed by atoms with Crippen molar-refractivity contribution in [2.45, 2.75) is 32.5 Å². The molecule has 1 rings (SSSR count). The lowest BCUT2D eigenvalue weighted by molar-refractivity contribution is 0.0882. The third-order valence-electron chi connectivity index (χ3n) is 2.69. The van der Waals surface area contributed by atoms with Gasteiger partial charge in [0.15, 0.2) is 0 Å². The molecule has 0 aliphatic heterocycles. The summed E-state index contributed by atoms with van der Waals surface area (Å²) in [5.74, 6) is -0.230. The van der Waals surface area contributed by atoms with Crippen molar-refractivity contribution in [1.82, 2.24) is 5.32 Å². The summed E-state index contributed by atoms with van der Waals surface area (Å²) in [6, 6.07) is 5.37. The van der Waals surface area contributed by atoms with Gasteiger partial charge in [-0.3, -0.25) is 0 Å². The molecule has 0 spiro atoms. The van der Waals surface area contributed by atoms with Gasteiger partial charge in [-0.25, -0.2) is 4.39 Å². The molecule has 2 unspecified atom stereocenters. The zero-order valence-corrected chi connectivity index (χ0v) is 11.3. The number of hydrogen-bond donors (Lipinski definition) is 1. The first kappa shape index (κ1) is 13.6. The van der Waals surface area contributed by atoms with E-state index in [-0.39, 0.29) is 18.0 Å². The van der Waals surface area contributed by atoms with Gasteiger partial charge in [0.2, 0.25) is 0 Å². The van der Waals surface area contributed by atoms with Crippen LogP contribution in [0.4, 0.5) is 4.39 Å². The minimum Gasteiger partial charge on any atom is -0.380 e. The molecule has 0 fully saturated rings. The van der Waals surface area contributed by atoms with Crippen LogP contribution in [0.25, 0.3) is 0 Å². The minimum atomic E-state index is -0.230. The highest BCUT2D eigenvalue weighted by atomic mass is 79.9. The highest BCUT2D eigenvalue weighted by Crippen LogP contribution is 2.16. The van der Waals surface area contributed by atoms with E-state index in [1.807, 2.05) is 19.9 Å². The molecule has 0 radical (unpaired) electrons. The lowest BCUT2D eigenvalue weighted by atomic mass is 10.1. The Kier molecular flexibility index (Phi) is 5.38. The molecule has 90 valence electrons. The fourth-order valence-corrected chi connectivity index (χ4v) is 1.55. The van der Waals surface area contributed by atoms with Crippen molar-refractivity contribution in [3.05, 3.63) is 34.1 Å². The van der Waals surface area contributed by atoms with Crippen molar-refractivity contribution < 1.29 is 9.13 Å². The smallest absolute Gasteiger partial charge is 0.137 e. The number of methoxy groups -OCH3 is 1. The lowest BCUT2D eigenvalue weighted by Crippen LogP contribution is -2.36. The van der Waals surface area contributed by atoms with Gasteiger partial charge in [-0.2, -0.15) is 0 Å². The number of halogens is 2. The van der Waals surface area contributed by atoms with Crippen molar-refractivity contribution in [2.24, 2.45) is 0 Å². The monoisotopic (exact) mass is 289 g/mol. The van der Waals surface area contributed by atoms with Crippen LogP contribution < -0.4 is 5.32 Å². The van der Waals surface area contributed by atoms with Gasteiger partial charge in [0, 0.05) is 19.7 Å². The Labute approximate surface area is 104 Å². The Morgan fingerprint density at radius 3 is 2.69 bits per heavy atom. The van der Waals surface area contributed by atoms with E-state index in [0.717, 1.165) is 5.56 Å². The largest absolute Gasteiger partial charge is 0.380 e. The van der Waals surface area contributed by atoms with Crippen molar-refractivity contribution in [3.63, 3.8) is 0 Å². The van der Waals surface area contributed by atoms with Crippen LogP contribution in [0, 0.1) is 5.82 Å². The molecule has 0 aromatic heterocycles. The van der Waals surface area contributed by atoms with Gasteiger partial charge in [-0.1, -0.05) is 6.07 Å². The second-order valence-electron chi connectivity index (χ2n) is 3.86. The molecule has 0 bridgehead atoms. The Bertz CT molecular complexity index is 346. The molecule has 1 N–H and O–H groups in total. The minimum absolute atomic E-state index is 0.139. The quantitative estimate of drug-likeness (QED) is 0.899. The second-order valence-corrected chi connectivity index (χ2v) is 4.71. The zero-order valence-electron chi connectivity index (χ0n) is 9.76. The molecule has 1 aromatic rings. The summed E-state index contributed by atoms with van der Waals surface area (Å²) in [7, 11) is 1.68. The maximum atomic E-state index is 13.2. The maximum Gasteiger partial charge on any atom is 0.137 e. The SMILES string of the molecule is COC(C)C(C)NCc1ccc(Br)c(F)c1. The van der Waals surface area contributed by atoms with Gasteiger partial charge in [0.05, 0.1) is 10.6 Å². The first-order valence-corrected chi connectivity index (χ1v) is 6.04. The lowest BCUT2D eigenvalue weighted by Gasteiger charge is -2.19. The molecule has 2 nitrogen and oxygen atoms in total. The summed E-state index contributed by atoms with van der Waals surface area (Å²) in [4.78, 5) is 0. The molecule has 0 aliphatic rings. The van der Waals surface area contributed by atoms with E-state index in [4.69, 9.17) is 4.74 Å². The molecule has 0 aliphatic carbocycles. The molecule has 0 saturated carbocycles. The predicted molar refractivity (Wildman–Crippen MR) is 66.9 cm³/mol. The van der Waals surface area contributed by atoms with Crippen LogP contribution in [0.15, 0.2) is 22.7 Å². The predicted octanol–water partition coefficient (Wildman–Crippen LogP) is 3.10. The van der Waals surface area contributed by atoms with E-state index in [1.165, 1.54) is 6.07 Å². The summed E-state index contributed by atoms with van der Waals surface area (Å²) in [5, 5.41) is 3.29. The van der Waals surface area contributed by atoms with Gasteiger partial charge in [0.25, 0.3) is 0 Å². The van der Waals surface area contributed by atoms with E-state index < -0.39 is 0 Å². The van der Waals surface area contributed by atoms with Gasteiger partial charge < -0.3 is 10.1 Å². The van der Waals surface area contributed by atoms with Gasteiger partial charge in [-0.05, 0) is 47.5 Å². The average Bonchev–Trinajstić information content (AvgIpc) is 2.29. The van der Waals surface area contributed by atoms with Crippen LogP contribution in [-0.4, -0.2) is 19.3 Å². The molecule has 1 aromatic carbocycles. The van der Waals surface area contributed by atoms with E-state index in [0.29, 0.717) is 11.0 Å². The summed E-state index contributed by atoms with van der Waals surface area (Å²) in [6.45, 7) is 4.68. The van der Waals surface area contributed by atoms with E-state index >= 15 is 0 Å². The average molecular weight is 290 g/mol. The summed E-state index contributed by atoms with van der Waals surface area (Å²) < 4.78 is 18.9. The third-order valence-corrected chi connectivity index (χ3v) is 3.33. The number of hydrogen-bond acceptors (Lipinski definition) is 2. The van der Waals surface area contributed by atoms with Crippen LogP contribution in [0.3, 0.4) is 0 Å². The Balaban J connectivity index is 2.51. The molecule has 2 atom stereocenters. The Morgan fingerprint density at radius 2 is 2.12 bits per heavy atom. The maximum absolute atomic E-state index is 13.2. The molecule has 0 saturated heterocycles. The first-order valence-electron chi connectivity index (χ1n) is 5.24. The van der Waals surface area contributed by atoms with Crippen molar-refractivity contribution in [2.75, 3.05) is 7.11 Å². The molecule has 16 heavy (non-hydrogen) atoms. The highest BCUT2D eigenvalue weighted by Gasteiger charge is 2.10. The number of ether oxygens (including phenoxy) is 1. The van der Waals surface area contributed by atoms with Gasteiger partial charge in [-0.15, -0.1) is 0 Å². The van der Waals surface area contributed by atoms with E-state index in [9.17, 15) is 4.39 Å². The second kappa shape index (κ2) is 6.33. The first-order chi connectivity index (χ1) is 7.54. The molecule has 4 heteroatoms. The Hall–Kier alpha value is -0.450. The van der Waals surface area contributed by atoms with Crippen LogP contribution in [-0.2, 0) is 11.3 Å². The van der Waals surface area contributed by atoms with Crippen molar-refractivity contribution >= 4 is 15.9 Å². The van der Waals surface area contributed by atoms with E-state index in [2.05, 4.69) is 21.2 Å². The third kappa shape index (κ3) is 3.85. The summed E-state index contributed by atoms with van der Waals surface area (Å²) >= 11 is 3.13. The number of benzene rings is 1. The van der Waals surface area contributed by atoms with Crippen LogP contribution in [0.2, 0.25) is 0 Å². The van der Waals surface area contributed by atoms with Crippen LogP contribution >= 0.6 is 15.9 Å². The fourth-order valence-electron chi connectivity index (χ4n) is 1.30. The van der Waals surface area contributed by atoms with Crippen molar-refractivity contribution in [3.8, 4) is 0 Å². The fraction of sp³-hybridized carbons (Fsp3) is 0.500. The van der Waals surface area contributed by atoms with Crippen LogP contribution in [0.5, 0.6) is 0 Å². The van der Waals surface area contributed by atoms with Gasteiger partial charge >= 0.3 is 0 Å². The van der Waals surface area contributed by atoms with Crippen LogP contribution in [0.1, 0.15) is 19.4 Å². The summed E-state index contributed by atoms with van der Waals surface area (Å²) in [5.41, 5.74) is 0.927. The normalized spacial score (nSPS) is 14.8. The van der Waals surface area contributed by atoms with E-state index in [1.54, 1.807) is 13.2 Å². The van der Waals surface area contributed by atoms with Crippen molar-refractivity contribution in [1.29, 1.82) is 0 Å². The molecule has 0 heterocycles. The number of rotatable bonds is 5. The molecular weight excluding hydrogens is 273 g/mol.